The third kappa shape index (κ3) is 3.75. The summed E-state index contributed by atoms with van der Waals surface area (Å²) in [5.74, 6) is 1.90. The van der Waals surface area contributed by atoms with Gasteiger partial charge in [0.2, 0.25) is 5.91 Å². The predicted molar refractivity (Wildman–Crippen MR) is 80.9 cm³/mol. The Morgan fingerprint density at radius 3 is 2.70 bits per heavy atom. The van der Waals surface area contributed by atoms with E-state index in [0.29, 0.717) is 12.3 Å². The lowest BCUT2D eigenvalue weighted by Gasteiger charge is -2.21. The summed E-state index contributed by atoms with van der Waals surface area (Å²) in [5.41, 5.74) is 1.20. The molecular weight excluding hydrogens is 250 g/mol. The van der Waals surface area contributed by atoms with Crippen LogP contribution in [-0.4, -0.2) is 18.1 Å². The monoisotopic (exact) mass is 275 g/mol. The van der Waals surface area contributed by atoms with Crippen LogP contribution >= 0.6 is 0 Å². The molecule has 1 heterocycles. The van der Waals surface area contributed by atoms with Crippen molar-refractivity contribution in [1.29, 1.82) is 0 Å². The molecule has 1 fully saturated rings. The first-order valence-electron chi connectivity index (χ1n) is 7.51. The van der Waals surface area contributed by atoms with E-state index in [1.165, 1.54) is 5.56 Å². The second kappa shape index (κ2) is 6.29. The Morgan fingerprint density at radius 2 is 2.05 bits per heavy atom. The minimum absolute atomic E-state index is 0.163. The van der Waals surface area contributed by atoms with Crippen LogP contribution in [0.1, 0.15) is 52.0 Å². The average Bonchev–Trinajstić information content (AvgIpc) is 2.68. The van der Waals surface area contributed by atoms with Crippen molar-refractivity contribution in [2.45, 2.75) is 58.6 Å². The summed E-state index contributed by atoms with van der Waals surface area (Å²) >= 11 is 0. The maximum absolute atomic E-state index is 11.7. The summed E-state index contributed by atoms with van der Waals surface area (Å²) in [6.07, 6.45) is 1.77. The molecule has 2 unspecified atom stereocenters. The van der Waals surface area contributed by atoms with Gasteiger partial charge in [-0.2, -0.15) is 0 Å². The van der Waals surface area contributed by atoms with Crippen molar-refractivity contribution in [1.82, 2.24) is 5.32 Å². The van der Waals surface area contributed by atoms with Crippen molar-refractivity contribution in [3.8, 4) is 5.75 Å². The highest BCUT2D eigenvalue weighted by Crippen LogP contribution is 2.33. The molecular formula is C17H25NO2. The SMILES string of the molecule is CC(C)CC1NC(=O)CC1c1cccc(OC(C)C)c1. The summed E-state index contributed by atoms with van der Waals surface area (Å²) in [4.78, 5) is 11.7. The normalized spacial score (nSPS) is 22.4. The van der Waals surface area contributed by atoms with Gasteiger partial charge in [-0.05, 0) is 43.9 Å². The predicted octanol–water partition coefficient (Wildman–Crippen LogP) is 3.49. The fourth-order valence-corrected chi connectivity index (χ4v) is 2.88. The molecule has 110 valence electrons. The van der Waals surface area contributed by atoms with Gasteiger partial charge in [-0.1, -0.05) is 26.0 Å². The molecule has 0 aliphatic carbocycles. The number of hydrogen-bond donors (Lipinski definition) is 1. The highest BCUT2D eigenvalue weighted by atomic mass is 16.5. The van der Waals surface area contributed by atoms with Gasteiger partial charge in [0.25, 0.3) is 0 Å². The molecule has 1 aliphatic heterocycles. The Hall–Kier alpha value is -1.51. The van der Waals surface area contributed by atoms with Crippen LogP contribution in [0.4, 0.5) is 0 Å². The number of amides is 1. The van der Waals surface area contributed by atoms with Gasteiger partial charge in [0.05, 0.1) is 6.10 Å². The summed E-state index contributed by atoms with van der Waals surface area (Å²) in [6, 6.07) is 8.42. The van der Waals surface area contributed by atoms with Gasteiger partial charge in [-0.25, -0.2) is 0 Å². The van der Waals surface area contributed by atoms with E-state index in [1.54, 1.807) is 0 Å². The largest absolute Gasteiger partial charge is 0.491 e. The molecule has 0 aromatic heterocycles. The lowest BCUT2D eigenvalue weighted by Crippen LogP contribution is -2.29. The van der Waals surface area contributed by atoms with Gasteiger partial charge in [0, 0.05) is 18.4 Å². The smallest absolute Gasteiger partial charge is 0.220 e. The van der Waals surface area contributed by atoms with Crippen molar-refractivity contribution >= 4 is 5.91 Å². The second-order valence-corrected chi connectivity index (χ2v) is 6.35. The minimum Gasteiger partial charge on any atom is -0.491 e. The first-order valence-corrected chi connectivity index (χ1v) is 7.51. The molecule has 2 atom stereocenters. The maximum Gasteiger partial charge on any atom is 0.220 e. The van der Waals surface area contributed by atoms with Gasteiger partial charge in [-0.3, -0.25) is 4.79 Å². The molecule has 0 spiro atoms. The molecule has 1 aromatic carbocycles. The van der Waals surface area contributed by atoms with Gasteiger partial charge >= 0.3 is 0 Å². The number of rotatable bonds is 5. The molecule has 1 amide bonds. The Balaban J connectivity index is 2.18. The third-order valence-corrected chi connectivity index (χ3v) is 3.62. The van der Waals surface area contributed by atoms with Crippen LogP contribution in [0.15, 0.2) is 24.3 Å². The lowest BCUT2D eigenvalue weighted by atomic mass is 9.87. The van der Waals surface area contributed by atoms with Crippen LogP contribution in [0, 0.1) is 5.92 Å². The average molecular weight is 275 g/mol. The summed E-state index contributed by atoms with van der Waals surface area (Å²) < 4.78 is 5.75. The van der Waals surface area contributed by atoms with Crippen LogP contribution in [0.5, 0.6) is 5.75 Å². The van der Waals surface area contributed by atoms with Crippen LogP contribution < -0.4 is 10.1 Å². The standard InChI is InChI=1S/C17H25NO2/c1-11(2)8-16-15(10-17(19)18-16)13-6-5-7-14(9-13)20-12(3)4/h5-7,9,11-12,15-16H,8,10H2,1-4H3,(H,18,19). The zero-order chi connectivity index (χ0) is 14.7. The second-order valence-electron chi connectivity index (χ2n) is 6.35. The number of carbonyl (C=O) groups excluding carboxylic acids is 1. The molecule has 3 heteroatoms. The van der Waals surface area contributed by atoms with E-state index in [2.05, 4.69) is 31.3 Å². The van der Waals surface area contributed by atoms with Crippen LogP contribution in [0.2, 0.25) is 0 Å². The molecule has 1 saturated heterocycles. The summed E-state index contributed by atoms with van der Waals surface area (Å²) in [6.45, 7) is 8.43. The van der Waals surface area contributed by atoms with Crippen LogP contribution in [0.3, 0.4) is 0 Å². The minimum atomic E-state index is 0.163. The zero-order valence-corrected chi connectivity index (χ0v) is 12.8. The molecule has 1 aliphatic rings. The summed E-state index contributed by atoms with van der Waals surface area (Å²) in [7, 11) is 0. The third-order valence-electron chi connectivity index (χ3n) is 3.62. The first kappa shape index (κ1) is 14.9. The zero-order valence-electron chi connectivity index (χ0n) is 12.8. The van der Waals surface area contributed by atoms with Crippen molar-refractivity contribution in [2.24, 2.45) is 5.92 Å². The number of hydrogen-bond acceptors (Lipinski definition) is 2. The first-order chi connectivity index (χ1) is 9.45. The number of benzene rings is 1. The number of carbonyl (C=O) groups is 1. The van der Waals surface area contributed by atoms with Gasteiger partial charge in [0.1, 0.15) is 5.75 Å². The van der Waals surface area contributed by atoms with Crippen molar-refractivity contribution in [3.05, 3.63) is 29.8 Å². The fourth-order valence-electron chi connectivity index (χ4n) is 2.88. The van der Waals surface area contributed by atoms with Crippen molar-refractivity contribution < 1.29 is 9.53 Å². The molecule has 0 saturated carbocycles. The lowest BCUT2D eigenvalue weighted by molar-refractivity contribution is -0.119. The van der Waals surface area contributed by atoms with Gasteiger partial charge in [-0.15, -0.1) is 0 Å². The van der Waals surface area contributed by atoms with E-state index in [4.69, 9.17) is 4.74 Å². The molecule has 0 bridgehead atoms. The number of ether oxygens (including phenoxy) is 1. The molecule has 1 N–H and O–H groups in total. The van der Waals surface area contributed by atoms with Gasteiger partial charge in [0.15, 0.2) is 0 Å². The molecule has 0 radical (unpaired) electrons. The van der Waals surface area contributed by atoms with Crippen LogP contribution in [-0.2, 0) is 4.79 Å². The van der Waals surface area contributed by atoms with E-state index in [-0.39, 0.29) is 24.0 Å². The van der Waals surface area contributed by atoms with E-state index in [9.17, 15) is 4.79 Å². The Labute approximate surface area is 121 Å². The highest BCUT2D eigenvalue weighted by molar-refractivity contribution is 5.80. The van der Waals surface area contributed by atoms with E-state index in [0.717, 1.165) is 12.2 Å². The molecule has 1 aromatic rings. The van der Waals surface area contributed by atoms with Crippen molar-refractivity contribution in [2.75, 3.05) is 0 Å². The fraction of sp³-hybridized carbons (Fsp3) is 0.588. The Bertz CT molecular complexity index is 468. The maximum atomic E-state index is 11.7. The highest BCUT2D eigenvalue weighted by Gasteiger charge is 2.33. The number of nitrogens with one attached hydrogen (secondary N) is 1. The van der Waals surface area contributed by atoms with Gasteiger partial charge < -0.3 is 10.1 Å². The molecule has 2 rings (SSSR count). The van der Waals surface area contributed by atoms with E-state index >= 15 is 0 Å². The molecule has 3 nitrogen and oxygen atoms in total. The van der Waals surface area contributed by atoms with Crippen LogP contribution in [0.25, 0.3) is 0 Å². The van der Waals surface area contributed by atoms with E-state index < -0.39 is 0 Å². The Kier molecular flexibility index (Phi) is 4.69. The van der Waals surface area contributed by atoms with Crippen molar-refractivity contribution in [3.63, 3.8) is 0 Å². The molecule has 20 heavy (non-hydrogen) atoms. The van der Waals surface area contributed by atoms with E-state index in [1.807, 2.05) is 26.0 Å². The summed E-state index contributed by atoms with van der Waals surface area (Å²) in [5, 5.41) is 3.11. The topological polar surface area (TPSA) is 38.3 Å². The Morgan fingerprint density at radius 1 is 1.30 bits per heavy atom. The quantitative estimate of drug-likeness (QED) is 0.893.